The smallest absolute Gasteiger partial charge is 0.232 e. The van der Waals surface area contributed by atoms with Crippen LogP contribution < -0.4 is 10.6 Å². The average molecular weight is 436 g/mol. The second-order valence-corrected chi connectivity index (χ2v) is 8.44. The molecule has 1 saturated carbocycles. The van der Waals surface area contributed by atoms with Crippen molar-refractivity contribution >= 4 is 40.9 Å². The number of nitrogens with zero attached hydrogens (tertiary/aromatic N) is 3. The lowest BCUT2D eigenvalue weighted by Crippen LogP contribution is -2.37. The molecule has 0 atom stereocenters. The lowest BCUT2D eigenvalue weighted by atomic mass is 9.95. The van der Waals surface area contributed by atoms with Crippen LogP contribution in [0.25, 0.3) is 0 Å². The van der Waals surface area contributed by atoms with Gasteiger partial charge in [0.1, 0.15) is 5.82 Å². The van der Waals surface area contributed by atoms with E-state index in [1.807, 2.05) is 11.5 Å². The van der Waals surface area contributed by atoms with Crippen LogP contribution in [0.4, 0.5) is 5.69 Å². The molecule has 1 aromatic carbocycles. The Morgan fingerprint density at radius 3 is 2.55 bits per heavy atom. The summed E-state index contributed by atoms with van der Waals surface area (Å²) in [6.07, 6.45) is 5.86. The van der Waals surface area contributed by atoms with Crippen LogP contribution in [-0.4, -0.2) is 38.4 Å². The molecule has 156 valence electrons. The first kappa shape index (κ1) is 21.6. The molecule has 9 heteroatoms. The Hall–Kier alpha value is -2.06. The Morgan fingerprint density at radius 1 is 1.14 bits per heavy atom. The van der Waals surface area contributed by atoms with Gasteiger partial charge in [-0.05, 0) is 44.0 Å². The highest BCUT2D eigenvalue weighted by molar-refractivity contribution is 7.99. The predicted molar refractivity (Wildman–Crippen MR) is 115 cm³/mol. The predicted octanol–water partition coefficient (Wildman–Crippen LogP) is 3.67. The fourth-order valence-corrected chi connectivity index (χ4v) is 4.36. The number of carbonyl (C=O) groups excluding carboxylic acids is 2. The first-order valence-corrected chi connectivity index (χ1v) is 11.3. The van der Waals surface area contributed by atoms with Crippen LogP contribution in [0.5, 0.6) is 0 Å². The van der Waals surface area contributed by atoms with Crippen LogP contribution in [0.15, 0.2) is 29.4 Å². The summed E-state index contributed by atoms with van der Waals surface area (Å²) in [6.45, 7) is 2.60. The quantitative estimate of drug-likeness (QED) is 0.617. The van der Waals surface area contributed by atoms with Gasteiger partial charge < -0.3 is 15.2 Å². The van der Waals surface area contributed by atoms with Crippen molar-refractivity contribution in [3.8, 4) is 0 Å². The minimum absolute atomic E-state index is 0.0228. The largest absolute Gasteiger partial charge is 0.353 e. The molecule has 0 radical (unpaired) electrons. The van der Waals surface area contributed by atoms with E-state index in [1.165, 1.54) is 31.0 Å². The second kappa shape index (κ2) is 10.6. The Balaban J connectivity index is 1.52. The molecular formula is C20H26ClN5O2S. The lowest BCUT2D eigenvalue weighted by molar-refractivity contribution is -0.119. The van der Waals surface area contributed by atoms with E-state index in [1.54, 1.807) is 24.3 Å². The third kappa shape index (κ3) is 6.47. The fraction of sp³-hybridized carbons (Fsp3) is 0.500. The fourth-order valence-electron chi connectivity index (χ4n) is 3.40. The van der Waals surface area contributed by atoms with E-state index in [9.17, 15) is 9.59 Å². The van der Waals surface area contributed by atoms with E-state index >= 15 is 0 Å². The zero-order valence-electron chi connectivity index (χ0n) is 16.5. The number of benzene rings is 1. The Kier molecular flexibility index (Phi) is 7.94. The molecule has 2 amide bonds. The zero-order chi connectivity index (χ0) is 20.6. The van der Waals surface area contributed by atoms with Gasteiger partial charge in [-0.25, -0.2) is 0 Å². The molecule has 2 N–H and O–H groups in total. The highest BCUT2D eigenvalue weighted by atomic mass is 35.5. The number of thioether (sulfide) groups is 1. The molecule has 1 aliphatic carbocycles. The van der Waals surface area contributed by atoms with E-state index in [0.717, 1.165) is 12.8 Å². The van der Waals surface area contributed by atoms with E-state index < -0.39 is 0 Å². The van der Waals surface area contributed by atoms with Crippen molar-refractivity contribution in [2.45, 2.75) is 63.2 Å². The van der Waals surface area contributed by atoms with Gasteiger partial charge in [-0.2, -0.15) is 0 Å². The van der Waals surface area contributed by atoms with Crippen LogP contribution in [0.1, 0.15) is 44.9 Å². The zero-order valence-corrected chi connectivity index (χ0v) is 18.1. The van der Waals surface area contributed by atoms with E-state index in [0.29, 0.717) is 40.0 Å². The van der Waals surface area contributed by atoms with E-state index in [2.05, 4.69) is 20.8 Å². The molecule has 3 rings (SSSR count). The van der Waals surface area contributed by atoms with Crippen molar-refractivity contribution in [1.82, 2.24) is 20.1 Å². The van der Waals surface area contributed by atoms with Crippen LogP contribution in [0.3, 0.4) is 0 Å². The van der Waals surface area contributed by atoms with Crippen molar-refractivity contribution in [2.24, 2.45) is 0 Å². The maximum absolute atomic E-state index is 12.3. The third-order valence-corrected chi connectivity index (χ3v) is 6.08. The number of nitrogens with one attached hydrogen (secondary N) is 2. The van der Waals surface area contributed by atoms with Crippen LogP contribution in [0, 0.1) is 0 Å². The maximum atomic E-state index is 12.3. The first-order valence-electron chi connectivity index (χ1n) is 9.94. The van der Waals surface area contributed by atoms with Gasteiger partial charge in [0, 0.05) is 23.3 Å². The molecule has 0 aliphatic heterocycles. The molecule has 1 fully saturated rings. The van der Waals surface area contributed by atoms with Gasteiger partial charge in [0.25, 0.3) is 0 Å². The molecule has 0 spiro atoms. The summed E-state index contributed by atoms with van der Waals surface area (Å²) in [4.78, 5) is 24.6. The van der Waals surface area contributed by atoms with Gasteiger partial charge in [-0.3, -0.25) is 9.59 Å². The van der Waals surface area contributed by atoms with Crippen molar-refractivity contribution in [3.63, 3.8) is 0 Å². The molecule has 29 heavy (non-hydrogen) atoms. The van der Waals surface area contributed by atoms with Gasteiger partial charge >= 0.3 is 0 Å². The summed E-state index contributed by atoms with van der Waals surface area (Å²) in [6, 6.07) is 7.24. The molecule has 1 aliphatic rings. The molecule has 0 unspecified atom stereocenters. The standard InChI is InChI=1S/C20H26ClN5O2S/c1-2-26-17(12-18(27)22-16-10-8-14(21)9-11-16)24-25-20(26)29-13-19(28)23-15-6-4-3-5-7-15/h8-11,15H,2-7,12-13H2,1H3,(H,22,27)(H,23,28). The summed E-state index contributed by atoms with van der Waals surface area (Å²) in [5.41, 5.74) is 0.677. The van der Waals surface area contributed by atoms with Gasteiger partial charge in [-0.15, -0.1) is 10.2 Å². The third-order valence-electron chi connectivity index (χ3n) is 4.86. The van der Waals surface area contributed by atoms with Gasteiger partial charge in [0.2, 0.25) is 11.8 Å². The molecule has 7 nitrogen and oxygen atoms in total. The molecule has 2 aromatic rings. The van der Waals surface area contributed by atoms with Crippen LogP contribution >= 0.6 is 23.4 Å². The van der Waals surface area contributed by atoms with Crippen LogP contribution in [-0.2, 0) is 22.6 Å². The number of halogens is 1. The number of carbonyl (C=O) groups is 2. The topological polar surface area (TPSA) is 88.9 Å². The summed E-state index contributed by atoms with van der Waals surface area (Å²) >= 11 is 7.21. The SMILES string of the molecule is CCn1c(CC(=O)Nc2ccc(Cl)cc2)nnc1SCC(=O)NC1CCCCC1. The van der Waals surface area contributed by atoms with Gasteiger partial charge in [0.05, 0.1) is 12.2 Å². The maximum Gasteiger partial charge on any atom is 0.232 e. The summed E-state index contributed by atoms with van der Waals surface area (Å²) in [5.74, 6) is 0.718. The number of rotatable bonds is 8. The minimum Gasteiger partial charge on any atom is -0.353 e. The number of hydrogen-bond donors (Lipinski definition) is 2. The van der Waals surface area contributed by atoms with E-state index in [-0.39, 0.29) is 18.2 Å². The molecule has 1 heterocycles. The summed E-state index contributed by atoms with van der Waals surface area (Å²) < 4.78 is 1.87. The highest BCUT2D eigenvalue weighted by Crippen LogP contribution is 2.20. The summed E-state index contributed by atoms with van der Waals surface area (Å²) in [7, 11) is 0. The van der Waals surface area contributed by atoms with Gasteiger partial charge in [0.15, 0.2) is 5.16 Å². The molecular weight excluding hydrogens is 410 g/mol. The Bertz CT molecular complexity index is 834. The van der Waals surface area contributed by atoms with Crippen molar-refractivity contribution in [3.05, 3.63) is 35.1 Å². The first-order chi connectivity index (χ1) is 14.0. The number of aromatic nitrogens is 3. The Labute approximate surface area is 180 Å². The average Bonchev–Trinajstić information content (AvgIpc) is 3.10. The Morgan fingerprint density at radius 2 is 1.86 bits per heavy atom. The molecule has 1 aromatic heterocycles. The summed E-state index contributed by atoms with van der Waals surface area (Å²) in [5, 5.41) is 15.5. The van der Waals surface area contributed by atoms with Gasteiger partial charge in [-0.1, -0.05) is 42.6 Å². The van der Waals surface area contributed by atoms with E-state index in [4.69, 9.17) is 11.6 Å². The molecule has 0 bridgehead atoms. The van der Waals surface area contributed by atoms with Crippen molar-refractivity contribution in [1.29, 1.82) is 0 Å². The second-order valence-electron chi connectivity index (χ2n) is 7.07. The van der Waals surface area contributed by atoms with Crippen molar-refractivity contribution in [2.75, 3.05) is 11.1 Å². The highest BCUT2D eigenvalue weighted by Gasteiger charge is 2.18. The monoisotopic (exact) mass is 435 g/mol. The molecule has 0 saturated heterocycles. The normalized spacial score (nSPS) is 14.6. The number of hydrogen-bond acceptors (Lipinski definition) is 5. The number of anilines is 1. The van der Waals surface area contributed by atoms with Crippen molar-refractivity contribution < 1.29 is 9.59 Å². The number of amides is 2. The lowest BCUT2D eigenvalue weighted by Gasteiger charge is -2.22. The minimum atomic E-state index is -0.180. The van der Waals surface area contributed by atoms with Crippen LogP contribution in [0.2, 0.25) is 5.02 Å².